The molecule has 2 N–H and O–H groups in total. The van der Waals surface area contributed by atoms with E-state index in [4.69, 9.17) is 16.0 Å². The Morgan fingerprint density at radius 3 is 2.55 bits per heavy atom. The zero-order chi connectivity index (χ0) is 23.9. The van der Waals surface area contributed by atoms with Crippen LogP contribution in [0.1, 0.15) is 27.2 Å². The number of hydrogen-bond donors (Lipinski definition) is 2. The van der Waals surface area contributed by atoms with Crippen molar-refractivity contribution in [3.8, 4) is 11.3 Å². The first-order valence-electron chi connectivity index (χ1n) is 9.78. The number of imide groups is 2. The number of anilines is 1. The number of rotatable bonds is 4. The molecule has 8 nitrogen and oxygen atoms in total. The SMILES string of the molecule is Cc1ccc(N2C(=O)NC(=O)/C(=C/c3ccc(-c4cccc(C(=O)O)c4C)o3)C2=O)cc1Cl. The van der Waals surface area contributed by atoms with E-state index in [1.807, 2.05) is 0 Å². The predicted octanol–water partition coefficient (Wildman–Crippen LogP) is 4.58. The van der Waals surface area contributed by atoms with E-state index in [2.05, 4.69) is 5.32 Å². The number of carboxylic acids is 1. The number of carbonyl (C=O) groups excluding carboxylic acids is 3. The Morgan fingerprint density at radius 2 is 1.85 bits per heavy atom. The number of hydrogen-bond acceptors (Lipinski definition) is 5. The monoisotopic (exact) mass is 464 g/mol. The van der Waals surface area contributed by atoms with E-state index in [0.717, 1.165) is 10.5 Å². The van der Waals surface area contributed by atoms with Crippen LogP contribution in [0.5, 0.6) is 0 Å². The number of aromatic carboxylic acids is 1. The molecule has 1 aliphatic rings. The second-order valence-corrected chi connectivity index (χ2v) is 7.78. The summed E-state index contributed by atoms with van der Waals surface area (Å²) in [5.41, 5.74) is 1.89. The molecule has 4 amide bonds. The lowest BCUT2D eigenvalue weighted by molar-refractivity contribution is -0.122. The van der Waals surface area contributed by atoms with E-state index in [1.54, 1.807) is 50.2 Å². The van der Waals surface area contributed by atoms with Crippen LogP contribution in [0, 0.1) is 13.8 Å². The normalized spacial score (nSPS) is 15.2. The summed E-state index contributed by atoms with van der Waals surface area (Å²) in [5.74, 6) is -2.20. The maximum atomic E-state index is 13.0. The van der Waals surface area contributed by atoms with Crippen molar-refractivity contribution in [1.82, 2.24) is 5.32 Å². The van der Waals surface area contributed by atoms with Crippen LogP contribution in [-0.4, -0.2) is 28.9 Å². The molecule has 0 radical (unpaired) electrons. The molecule has 1 aliphatic heterocycles. The topological polar surface area (TPSA) is 117 Å². The molecule has 3 aromatic rings. The van der Waals surface area contributed by atoms with Gasteiger partial charge in [0.1, 0.15) is 17.1 Å². The van der Waals surface area contributed by atoms with Gasteiger partial charge in [0.25, 0.3) is 11.8 Å². The van der Waals surface area contributed by atoms with E-state index in [1.165, 1.54) is 18.2 Å². The molecular weight excluding hydrogens is 448 g/mol. The zero-order valence-corrected chi connectivity index (χ0v) is 18.3. The Bertz CT molecular complexity index is 1370. The van der Waals surface area contributed by atoms with Gasteiger partial charge < -0.3 is 9.52 Å². The summed E-state index contributed by atoms with van der Waals surface area (Å²) >= 11 is 6.12. The minimum Gasteiger partial charge on any atom is -0.478 e. The van der Waals surface area contributed by atoms with Gasteiger partial charge in [0.15, 0.2) is 0 Å². The van der Waals surface area contributed by atoms with Crippen molar-refractivity contribution in [2.75, 3.05) is 4.90 Å². The Hall–Kier alpha value is -4.17. The second-order valence-electron chi connectivity index (χ2n) is 7.38. The molecule has 33 heavy (non-hydrogen) atoms. The van der Waals surface area contributed by atoms with Crippen LogP contribution < -0.4 is 10.2 Å². The summed E-state index contributed by atoms with van der Waals surface area (Å²) in [7, 11) is 0. The summed E-state index contributed by atoms with van der Waals surface area (Å²) in [5, 5.41) is 11.8. The number of amides is 4. The first-order chi connectivity index (χ1) is 15.7. The average molecular weight is 465 g/mol. The number of carbonyl (C=O) groups is 4. The minimum atomic E-state index is -1.06. The first-order valence-corrected chi connectivity index (χ1v) is 10.2. The molecule has 0 spiro atoms. The smallest absolute Gasteiger partial charge is 0.335 e. The van der Waals surface area contributed by atoms with Crippen molar-refractivity contribution in [2.45, 2.75) is 13.8 Å². The molecule has 1 saturated heterocycles. The zero-order valence-electron chi connectivity index (χ0n) is 17.5. The van der Waals surface area contributed by atoms with Crippen molar-refractivity contribution < 1.29 is 28.7 Å². The number of halogens is 1. The summed E-state index contributed by atoms with van der Waals surface area (Å²) in [6.07, 6.45) is 1.23. The Balaban J connectivity index is 1.70. The van der Waals surface area contributed by atoms with Gasteiger partial charge in [0.05, 0.1) is 11.3 Å². The maximum Gasteiger partial charge on any atom is 0.335 e. The van der Waals surface area contributed by atoms with Gasteiger partial charge in [0.2, 0.25) is 0 Å². The summed E-state index contributed by atoms with van der Waals surface area (Å²) in [4.78, 5) is 50.0. The molecule has 9 heteroatoms. The van der Waals surface area contributed by atoms with Gasteiger partial charge in [-0.05, 0) is 61.4 Å². The minimum absolute atomic E-state index is 0.136. The molecule has 0 bridgehead atoms. The molecular formula is C24H17ClN2O6. The Labute approximate surface area is 193 Å². The quantitative estimate of drug-likeness (QED) is 0.431. The van der Waals surface area contributed by atoms with Crippen LogP contribution in [0.15, 0.2) is 58.5 Å². The van der Waals surface area contributed by atoms with Gasteiger partial charge in [-0.25, -0.2) is 14.5 Å². The number of furan rings is 1. The Morgan fingerprint density at radius 1 is 1.09 bits per heavy atom. The highest BCUT2D eigenvalue weighted by atomic mass is 35.5. The molecule has 0 atom stereocenters. The molecule has 1 fully saturated rings. The highest BCUT2D eigenvalue weighted by molar-refractivity contribution is 6.39. The van der Waals surface area contributed by atoms with E-state index in [0.29, 0.717) is 21.9 Å². The molecule has 0 aliphatic carbocycles. The molecule has 2 heterocycles. The highest BCUT2D eigenvalue weighted by Gasteiger charge is 2.37. The molecule has 0 unspecified atom stereocenters. The van der Waals surface area contributed by atoms with Crippen LogP contribution in [0.4, 0.5) is 10.5 Å². The summed E-state index contributed by atoms with van der Waals surface area (Å²) in [6.45, 7) is 3.44. The van der Waals surface area contributed by atoms with Crippen LogP contribution >= 0.6 is 11.6 Å². The number of aryl methyl sites for hydroxylation is 1. The van der Waals surface area contributed by atoms with Gasteiger partial charge >= 0.3 is 12.0 Å². The van der Waals surface area contributed by atoms with Crippen molar-refractivity contribution >= 4 is 47.2 Å². The van der Waals surface area contributed by atoms with Gasteiger partial charge in [0, 0.05) is 10.6 Å². The number of urea groups is 1. The van der Waals surface area contributed by atoms with Crippen molar-refractivity contribution in [3.63, 3.8) is 0 Å². The fourth-order valence-corrected chi connectivity index (χ4v) is 3.64. The molecule has 166 valence electrons. The lowest BCUT2D eigenvalue weighted by Gasteiger charge is -2.26. The van der Waals surface area contributed by atoms with E-state index in [9.17, 15) is 24.3 Å². The predicted molar refractivity (Wildman–Crippen MR) is 121 cm³/mol. The van der Waals surface area contributed by atoms with E-state index < -0.39 is 23.8 Å². The summed E-state index contributed by atoms with van der Waals surface area (Å²) < 4.78 is 5.76. The summed E-state index contributed by atoms with van der Waals surface area (Å²) in [6, 6.07) is 11.7. The van der Waals surface area contributed by atoms with Crippen LogP contribution in [0.3, 0.4) is 0 Å². The van der Waals surface area contributed by atoms with Gasteiger partial charge in [-0.15, -0.1) is 0 Å². The van der Waals surface area contributed by atoms with Crippen molar-refractivity contribution in [1.29, 1.82) is 0 Å². The molecule has 4 rings (SSSR count). The Kier molecular flexibility index (Phi) is 5.61. The first kappa shape index (κ1) is 22.0. The lowest BCUT2D eigenvalue weighted by Crippen LogP contribution is -2.54. The number of nitrogens with one attached hydrogen (secondary N) is 1. The van der Waals surface area contributed by atoms with Gasteiger partial charge in [-0.1, -0.05) is 29.8 Å². The van der Waals surface area contributed by atoms with Gasteiger partial charge in [-0.3, -0.25) is 14.9 Å². The fourth-order valence-electron chi connectivity index (χ4n) is 3.46. The van der Waals surface area contributed by atoms with Crippen LogP contribution in [0.2, 0.25) is 5.02 Å². The number of carboxylic acid groups (broad SMARTS) is 1. The number of barbiturate groups is 1. The third-order valence-electron chi connectivity index (χ3n) is 5.26. The average Bonchev–Trinajstić information content (AvgIpc) is 3.22. The molecule has 2 aromatic carbocycles. The largest absolute Gasteiger partial charge is 0.478 e. The van der Waals surface area contributed by atoms with Crippen LogP contribution in [0.25, 0.3) is 17.4 Å². The van der Waals surface area contributed by atoms with Crippen molar-refractivity contribution in [2.24, 2.45) is 0 Å². The van der Waals surface area contributed by atoms with E-state index in [-0.39, 0.29) is 22.6 Å². The number of nitrogens with zero attached hydrogens (tertiary/aromatic N) is 1. The lowest BCUT2D eigenvalue weighted by atomic mass is 10.0. The standard InChI is InChI=1S/C24H17ClN2O6/c1-12-6-7-14(10-19(12)25)27-22(29)18(21(28)26-24(27)32)11-15-8-9-20(33-15)16-4-3-5-17(13(16)2)23(30)31/h3-11H,1-2H3,(H,30,31)(H,26,28,32)/b18-11-. The molecule has 1 aromatic heterocycles. The number of benzene rings is 2. The second kappa shape index (κ2) is 8.40. The third kappa shape index (κ3) is 4.04. The maximum absolute atomic E-state index is 13.0. The van der Waals surface area contributed by atoms with E-state index >= 15 is 0 Å². The van der Waals surface area contributed by atoms with Crippen LogP contribution in [-0.2, 0) is 9.59 Å². The fraction of sp³-hybridized carbons (Fsp3) is 0.0833. The third-order valence-corrected chi connectivity index (χ3v) is 5.67. The van der Waals surface area contributed by atoms with Crippen molar-refractivity contribution in [3.05, 3.63) is 81.6 Å². The highest BCUT2D eigenvalue weighted by Crippen LogP contribution is 2.30. The molecule has 0 saturated carbocycles. The van der Waals surface area contributed by atoms with Gasteiger partial charge in [-0.2, -0.15) is 0 Å².